The number of anilines is 1. The molecule has 0 spiro atoms. The first kappa shape index (κ1) is 14.8. The molecule has 108 valence electrons. The number of thiophene rings is 1. The first-order valence-electron chi connectivity index (χ1n) is 6.77. The second-order valence-corrected chi connectivity index (χ2v) is 7.17. The maximum absolute atomic E-state index is 12.2. The van der Waals surface area contributed by atoms with E-state index in [-0.39, 0.29) is 11.3 Å². The van der Waals surface area contributed by atoms with E-state index in [2.05, 4.69) is 43.2 Å². The summed E-state index contributed by atoms with van der Waals surface area (Å²) in [5, 5.41) is 9.96. The Morgan fingerprint density at radius 2 is 2.10 bits per heavy atom. The molecular formula is C15H21N3OS. The fourth-order valence-corrected chi connectivity index (χ4v) is 2.94. The van der Waals surface area contributed by atoms with Gasteiger partial charge in [-0.05, 0) is 25.0 Å². The van der Waals surface area contributed by atoms with Crippen LogP contribution in [-0.4, -0.2) is 16.1 Å². The molecule has 0 saturated carbocycles. The van der Waals surface area contributed by atoms with Gasteiger partial charge in [0.1, 0.15) is 0 Å². The van der Waals surface area contributed by atoms with Crippen LogP contribution < -0.4 is 5.32 Å². The molecular weight excluding hydrogens is 270 g/mol. The number of nitrogens with zero attached hydrogens (tertiary/aromatic N) is 1. The van der Waals surface area contributed by atoms with E-state index in [0.29, 0.717) is 5.82 Å². The quantitative estimate of drug-likeness (QED) is 0.901. The van der Waals surface area contributed by atoms with Gasteiger partial charge in [-0.15, -0.1) is 11.3 Å². The van der Waals surface area contributed by atoms with Crippen molar-refractivity contribution in [2.75, 3.05) is 5.32 Å². The maximum atomic E-state index is 12.2. The Labute approximate surface area is 123 Å². The topological polar surface area (TPSA) is 57.8 Å². The van der Waals surface area contributed by atoms with Gasteiger partial charge in [0.15, 0.2) is 5.82 Å². The first-order chi connectivity index (χ1) is 9.31. The molecule has 0 atom stereocenters. The maximum Gasteiger partial charge on any atom is 0.266 e. The van der Waals surface area contributed by atoms with Crippen LogP contribution in [0, 0.1) is 6.92 Å². The molecule has 0 radical (unpaired) electrons. The predicted molar refractivity (Wildman–Crippen MR) is 83.7 cm³/mol. The molecule has 0 aliphatic heterocycles. The third-order valence-corrected chi connectivity index (χ3v) is 4.34. The summed E-state index contributed by atoms with van der Waals surface area (Å²) in [6.45, 7) is 10.4. The smallest absolute Gasteiger partial charge is 0.266 e. The highest BCUT2D eigenvalue weighted by molar-refractivity contribution is 7.14. The van der Waals surface area contributed by atoms with Crippen molar-refractivity contribution in [3.8, 4) is 0 Å². The number of aromatic nitrogens is 2. The zero-order valence-corrected chi connectivity index (χ0v) is 13.4. The van der Waals surface area contributed by atoms with Gasteiger partial charge < -0.3 is 5.32 Å². The van der Waals surface area contributed by atoms with Gasteiger partial charge in [0.05, 0.1) is 4.88 Å². The summed E-state index contributed by atoms with van der Waals surface area (Å²) in [6, 6.07) is 3.85. The summed E-state index contributed by atoms with van der Waals surface area (Å²) in [5.74, 6) is 0.480. The molecule has 2 N–H and O–H groups in total. The van der Waals surface area contributed by atoms with Gasteiger partial charge in [-0.2, -0.15) is 5.10 Å². The molecule has 20 heavy (non-hydrogen) atoms. The van der Waals surface area contributed by atoms with Crippen molar-refractivity contribution in [3.63, 3.8) is 0 Å². The molecule has 0 aliphatic rings. The van der Waals surface area contributed by atoms with Crippen LogP contribution in [-0.2, 0) is 11.8 Å². The number of H-pyrrole nitrogens is 1. The second kappa shape index (κ2) is 5.40. The van der Waals surface area contributed by atoms with Gasteiger partial charge in [0.25, 0.3) is 5.91 Å². The summed E-state index contributed by atoms with van der Waals surface area (Å²) < 4.78 is 0. The number of carbonyl (C=O) groups is 1. The van der Waals surface area contributed by atoms with E-state index in [0.717, 1.165) is 17.0 Å². The number of amides is 1. The summed E-state index contributed by atoms with van der Waals surface area (Å²) in [6.07, 6.45) is 0.951. The Morgan fingerprint density at radius 1 is 1.40 bits per heavy atom. The number of hydrogen-bond acceptors (Lipinski definition) is 3. The lowest BCUT2D eigenvalue weighted by Gasteiger charge is -2.14. The van der Waals surface area contributed by atoms with Crippen molar-refractivity contribution >= 4 is 23.1 Å². The van der Waals surface area contributed by atoms with Crippen LogP contribution in [0.5, 0.6) is 0 Å². The Kier molecular flexibility index (Phi) is 3.99. The Morgan fingerprint density at radius 3 is 2.60 bits per heavy atom. The minimum Gasteiger partial charge on any atom is -0.304 e. The van der Waals surface area contributed by atoms with E-state index < -0.39 is 0 Å². The number of hydrogen-bond donors (Lipinski definition) is 2. The summed E-state index contributed by atoms with van der Waals surface area (Å²) in [4.78, 5) is 14.1. The second-order valence-electron chi connectivity index (χ2n) is 5.92. The summed E-state index contributed by atoms with van der Waals surface area (Å²) >= 11 is 1.53. The van der Waals surface area contributed by atoms with Gasteiger partial charge in [0, 0.05) is 22.1 Å². The van der Waals surface area contributed by atoms with Gasteiger partial charge in [-0.25, -0.2) is 0 Å². The average Bonchev–Trinajstić information content (AvgIpc) is 2.95. The van der Waals surface area contributed by atoms with Gasteiger partial charge in [-0.1, -0.05) is 27.7 Å². The molecule has 1 amide bonds. The van der Waals surface area contributed by atoms with Crippen molar-refractivity contribution in [3.05, 3.63) is 33.1 Å². The fraction of sp³-hybridized carbons (Fsp3) is 0.467. The van der Waals surface area contributed by atoms with Gasteiger partial charge in [0.2, 0.25) is 0 Å². The molecule has 0 unspecified atom stereocenters. The third-order valence-electron chi connectivity index (χ3n) is 3.25. The zero-order valence-electron chi connectivity index (χ0n) is 12.6. The number of aromatic amines is 1. The SMILES string of the molecule is CCc1cc(C(=O)Nc2cc(C(C)(C)C)[nH]n2)sc1C. The summed E-state index contributed by atoms with van der Waals surface area (Å²) in [5.41, 5.74) is 2.23. The lowest BCUT2D eigenvalue weighted by Crippen LogP contribution is -2.11. The van der Waals surface area contributed by atoms with Gasteiger partial charge >= 0.3 is 0 Å². The van der Waals surface area contributed by atoms with E-state index in [1.54, 1.807) is 0 Å². The summed E-state index contributed by atoms with van der Waals surface area (Å²) in [7, 11) is 0. The number of carbonyl (C=O) groups excluding carboxylic acids is 1. The molecule has 2 aromatic rings. The fourth-order valence-electron chi connectivity index (χ4n) is 1.93. The van der Waals surface area contributed by atoms with Crippen molar-refractivity contribution in [2.24, 2.45) is 0 Å². The molecule has 2 rings (SSSR count). The van der Waals surface area contributed by atoms with Crippen LogP contribution >= 0.6 is 11.3 Å². The molecule has 2 aromatic heterocycles. The third kappa shape index (κ3) is 3.10. The van der Waals surface area contributed by atoms with Crippen LogP contribution in [0.3, 0.4) is 0 Å². The van der Waals surface area contributed by atoms with Crippen LogP contribution in [0.2, 0.25) is 0 Å². The highest BCUT2D eigenvalue weighted by Crippen LogP contribution is 2.24. The normalized spacial score (nSPS) is 11.7. The monoisotopic (exact) mass is 291 g/mol. The first-order valence-corrected chi connectivity index (χ1v) is 7.59. The molecule has 0 aromatic carbocycles. The van der Waals surface area contributed by atoms with E-state index in [1.165, 1.54) is 21.8 Å². The van der Waals surface area contributed by atoms with Crippen molar-refractivity contribution in [1.82, 2.24) is 10.2 Å². The molecule has 5 heteroatoms. The molecule has 4 nitrogen and oxygen atoms in total. The Hall–Kier alpha value is -1.62. The lowest BCUT2D eigenvalue weighted by atomic mass is 9.92. The van der Waals surface area contributed by atoms with Crippen molar-refractivity contribution < 1.29 is 4.79 Å². The Bertz CT molecular complexity index is 619. The lowest BCUT2D eigenvalue weighted by molar-refractivity contribution is 0.103. The zero-order chi connectivity index (χ0) is 14.9. The molecule has 2 heterocycles. The van der Waals surface area contributed by atoms with Gasteiger partial charge in [-0.3, -0.25) is 9.89 Å². The molecule has 0 fully saturated rings. The van der Waals surface area contributed by atoms with Crippen LogP contribution in [0.4, 0.5) is 5.82 Å². The number of nitrogens with one attached hydrogen (secondary N) is 2. The van der Waals surface area contributed by atoms with E-state index >= 15 is 0 Å². The van der Waals surface area contributed by atoms with E-state index in [9.17, 15) is 4.79 Å². The van der Waals surface area contributed by atoms with Crippen LogP contribution in [0.25, 0.3) is 0 Å². The average molecular weight is 291 g/mol. The highest BCUT2D eigenvalue weighted by atomic mass is 32.1. The van der Waals surface area contributed by atoms with Crippen molar-refractivity contribution in [2.45, 2.75) is 46.5 Å². The Balaban J connectivity index is 2.13. The predicted octanol–water partition coefficient (Wildman–Crippen LogP) is 3.89. The highest BCUT2D eigenvalue weighted by Gasteiger charge is 2.18. The molecule has 0 bridgehead atoms. The minimum atomic E-state index is -0.0928. The van der Waals surface area contributed by atoms with E-state index in [1.807, 2.05) is 19.1 Å². The standard InChI is InChI=1S/C15H21N3OS/c1-6-10-7-11(20-9(10)2)14(19)16-13-8-12(17-18-13)15(3,4)5/h7-8H,6H2,1-5H3,(H2,16,17,18,19). The molecule has 0 saturated heterocycles. The number of rotatable bonds is 3. The largest absolute Gasteiger partial charge is 0.304 e. The molecule has 0 aliphatic carbocycles. The van der Waals surface area contributed by atoms with E-state index in [4.69, 9.17) is 0 Å². The van der Waals surface area contributed by atoms with Crippen molar-refractivity contribution in [1.29, 1.82) is 0 Å². The minimum absolute atomic E-state index is 0.00905. The van der Waals surface area contributed by atoms with Crippen LogP contribution in [0.1, 0.15) is 53.5 Å². The number of aryl methyl sites for hydroxylation is 2. The van der Waals surface area contributed by atoms with Crippen LogP contribution in [0.15, 0.2) is 12.1 Å².